The van der Waals surface area contributed by atoms with Crippen molar-refractivity contribution in [2.75, 3.05) is 0 Å². The Morgan fingerprint density at radius 2 is 2.40 bits per heavy atom. The van der Waals surface area contributed by atoms with Crippen molar-refractivity contribution in [2.45, 2.75) is 25.8 Å². The van der Waals surface area contributed by atoms with Gasteiger partial charge in [0, 0.05) is 10.8 Å². The quantitative estimate of drug-likeness (QED) is 0.316. The van der Waals surface area contributed by atoms with Crippen LogP contribution in [0.2, 0.25) is 0 Å². The van der Waals surface area contributed by atoms with Gasteiger partial charge in [-0.15, -0.1) is 0 Å². The number of hydrogen-bond acceptors (Lipinski definition) is 2. The first kappa shape index (κ1) is 7.25. The van der Waals surface area contributed by atoms with Crippen LogP contribution in [0.5, 0.6) is 0 Å². The molecule has 1 aliphatic rings. The Morgan fingerprint density at radius 1 is 1.70 bits per heavy atom. The molecule has 2 unspecified atom stereocenters. The van der Waals surface area contributed by atoms with Gasteiger partial charge >= 0.3 is 0 Å². The lowest BCUT2D eigenvalue weighted by molar-refractivity contribution is -0.518. The molecule has 0 fully saturated rings. The van der Waals surface area contributed by atoms with Crippen LogP contribution in [0.1, 0.15) is 19.8 Å². The van der Waals surface area contributed by atoms with Gasteiger partial charge < -0.3 is 0 Å². The van der Waals surface area contributed by atoms with E-state index in [4.69, 9.17) is 0 Å². The number of allylic oxidation sites excluding steroid dienone is 1. The molecule has 0 aromatic carbocycles. The van der Waals surface area contributed by atoms with Crippen LogP contribution in [-0.2, 0) is 0 Å². The lowest BCUT2D eigenvalue weighted by Crippen LogP contribution is -2.26. The summed E-state index contributed by atoms with van der Waals surface area (Å²) in [5, 5.41) is 10.3. The van der Waals surface area contributed by atoms with Gasteiger partial charge in [-0.3, -0.25) is 10.1 Å². The van der Waals surface area contributed by atoms with E-state index >= 15 is 0 Å². The predicted octanol–water partition coefficient (Wildman–Crippen LogP) is 1.62. The minimum absolute atomic E-state index is 0.208. The zero-order valence-electron chi connectivity index (χ0n) is 5.99. The Balaban J connectivity index is 2.64. The van der Waals surface area contributed by atoms with Gasteiger partial charge in [-0.25, -0.2) is 0 Å². The topological polar surface area (TPSA) is 43.1 Å². The van der Waals surface area contributed by atoms with Crippen molar-refractivity contribution >= 4 is 0 Å². The molecule has 0 saturated carbocycles. The van der Waals surface area contributed by atoms with Crippen molar-refractivity contribution in [2.24, 2.45) is 5.92 Å². The van der Waals surface area contributed by atoms with Crippen molar-refractivity contribution in [1.29, 1.82) is 0 Å². The molecule has 0 aromatic rings. The zero-order valence-corrected chi connectivity index (χ0v) is 5.99. The lowest BCUT2D eigenvalue weighted by atomic mass is 9.92. The summed E-state index contributed by atoms with van der Waals surface area (Å²) in [5.41, 5.74) is 0. The maximum Gasteiger partial charge on any atom is 0.233 e. The second-order valence-electron chi connectivity index (χ2n) is 2.76. The minimum Gasteiger partial charge on any atom is -0.264 e. The Labute approximate surface area is 59.9 Å². The van der Waals surface area contributed by atoms with E-state index in [0.717, 1.165) is 12.8 Å². The highest BCUT2D eigenvalue weighted by Gasteiger charge is 2.26. The van der Waals surface area contributed by atoms with Crippen LogP contribution in [0.3, 0.4) is 0 Å². The van der Waals surface area contributed by atoms with Crippen molar-refractivity contribution in [3.63, 3.8) is 0 Å². The molecule has 1 rings (SSSR count). The fourth-order valence-electron chi connectivity index (χ4n) is 1.23. The Morgan fingerprint density at radius 3 is 2.80 bits per heavy atom. The van der Waals surface area contributed by atoms with Crippen molar-refractivity contribution in [3.05, 3.63) is 22.3 Å². The van der Waals surface area contributed by atoms with Crippen LogP contribution in [0.4, 0.5) is 0 Å². The summed E-state index contributed by atoms with van der Waals surface area (Å²) in [6.45, 7) is 1.93. The number of nitro groups is 1. The van der Waals surface area contributed by atoms with Crippen LogP contribution in [0.15, 0.2) is 12.2 Å². The molecule has 0 aliphatic heterocycles. The minimum atomic E-state index is -0.436. The van der Waals surface area contributed by atoms with Crippen molar-refractivity contribution in [1.82, 2.24) is 0 Å². The number of hydrogen-bond donors (Lipinski definition) is 0. The van der Waals surface area contributed by atoms with Crippen LogP contribution in [0, 0.1) is 16.0 Å². The Hall–Kier alpha value is -0.860. The third-order valence-corrected chi connectivity index (χ3v) is 1.95. The molecule has 0 amide bonds. The van der Waals surface area contributed by atoms with Gasteiger partial charge in [0.2, 0.25) is 6.04 Å². The van der Waals surface area contributed by atoms with Gasteiger partial charge in [0.1, 0.15) is 0 Å². The second kappa shape index (κ2) is 2.82. The summed E-state index contributed by atoms with van der Waals surface area (Å²) in [6.07, 6.45) is 5.54. The van der Waals surface area contributed by atoms with E-state index in [-0.39, 0.29) is 10.8 Å². The molecule has 0 spiro atoms. The van der Waals surface area contributed by atoms with E-state index in [1.165, 1.54) is 0 Å². The summed E-state index contributed by atoms with van der Waals surface area (Å²) in [5.74, 6) is 0.208. The molecule has 56 valence electrons. The van der Waals surface area contributed by atoms with E-state index < -0.39 is 6.04 Å². The molecule has 3 heteroatoms. The van der Waals surface area contributed by atoms with Gasteiger partial charge in [-0.05, 0) is 18.9 Å². The highest BCUT2D eigenvalue weighted by molar-refractivity contribution is 4.96. The number of rotatable bonds is 1. The third kappa shape index (κ3) is 1.35. The average Bonchev–Trinajstić information content (AvgIpc) is 1.88. The molecule has 0 bridgehead atoms. The van der Waals surface area contributed by atoms with Crippen LogP contribution < -0.4 is 0 Å². The Kier molecular flexibility index (Phi) is 2.04. The maximum atomic E-state index is 10.3. The summed E-state index contributed by atoms with van der Waals surface area (Å²) in [7, 11) is 0. The fraction of sp³-hybridized carbons (Fsp3) is 0.714. The predicted molar refractivity (Wildman–Crippen MR) is 38.3 cm³/mol. The molecular weight excluding hydrogens is 130 g/mol. The first-order valence-corrected chi connectivity index (χ1v) is 3.52. The van der Waals surface area contributed by atoms with Crippen molar-refractivity contribution < 1.29 is 4.92 Å². The highest BCUT2D eigenvalue weighted by Crippen LogP contribution is 2.19. The summed E-state index contributed by atoms with van der Waals surface area (Å²) in [6, 6.07) is -0.436. The molecule has 3 nitrogen and oxygen atoms in total. The maximum absolute atomic E-state index is 10.3. The molecule has 10 heavy (non-hydrogen) atoms. The van der Waals surface area contributed by atoms with E-state index in [0.29, 0.717) is 0 Å². The van der Waals surface area contributed by atoms with Gasteiger partial charge in [-0.2, -0.15) is 0 Å². The van der Waals surface area contributed by atoms with Crippen molar-refractivity contribution in [3.8, 4) is 0 Å². The van der Waals surface area contributed by atoms with E-state index in [1.807, 2.05) is 13.0 Å². The summed E-state index contributed by atoms with van der Waals surface area (Å²) >= 11 is 0. The molecule has 1 aliphatic carbocycles. The van der Waals surface area contributed by atoms with E-state index in [1.54, 1.807) is 6.08 Å². The molecule has 0 N–H and O–H groups in total. The molecule has 0 aromatic heterocycles. The SMILES string of the molecule is CC1CCC=CC1[N+](=O)[O-]. The van der Waals surface area contributed by atoms with Gasteiger partial charge in [0.05, 0.1) is 0 Å². The Bertz CT molecular complexity index is 165. The molecule has 0 saturated heterocycles. The zero-order chi connectivity index (χ0) is 7.56. The summed E-state index contributed by atoms with van der Waals surface area (Å²) in [4.78, 5) is 10.1. The van der Waals surface area contributed by atoms with Crippen LogP contribution >= 0.6 is 0 Å². The largest absolute Gasteiger partial charge is 0.264 e. The molecule has 0 heterocycles. The monoisotopic (exact) mass is 141 g/mol. The molecular formula is C7H11NO2. The van der Waals surface area contributed by atoms with E-state index in [2.05, 4.69) is 0 Å². The fourth-order valence-corrected chi connectivity index (χ4v) is 1.23. The third-order valence-electron chi connectivity index (χ3n) is 1.95. The number of nitrogens with zero attached hydrogens (tertiary/aromatic N) is 1. The average molecular weight is 141 g/mol. The van der Waals surface area contributed by atoms with Gasteiger partial charge in [-0.1, -0.05) is 13.0 Å². The molecule has 0 radical (unpaired) electrons. The highest BCUT2D eigenvalue weighted by atomic mass is 16.6. The lowest BCUT2D eigenvalue weighted by Gasteiger charge is -2.16. The second-order valence-corrected chi connectivity index (χ2v) is 2.76. The van der Waals surface area contributed by atoms with Crippen LogP contribution in [-0.4, -0.2) is 11.0 Å². The first-order chi connectivity index (χ1) is 4.72. The van der Waals surface area contributed by atoms with Gasteiger partial charge in [0.25, 0.3) is 0 Å². The first-order valence-electron chi connectivity index (χ1n) is 3.52. The normalized spacial score (nSPS) is 32.1. The summed E-state index contributed by atoms with van der Waals surface area (Å²) < 4.78 is 0. The van der Waals surface area contributed by atoms with E-state index in [9.17, 15) is 10.1 Å². The smallest absolute Gasteiger partial charge is 0.233 e. The molecule has 2 atom stereocenters. The standard InChI is InChI=1S/C7H11NO2/c1-6-4-2-3-5-7(6)8(9)10/h3,5-7H,2,4H2,1H3. The van der Waals surface area contributed by atoms with Gasteiger partial charge in [0.15, 0.2) is 0 Å². The van der Waals surface area contributed by atoms with Crippen LogP contribution in [0.25, 0.3) is 0 Å².